The normalized spacial score (nSPS) is 18.9. The summed E-state index contributed by atoms with van der Waals surface area (Å²) >= 11 is 0. The lowest BCUT2D eigenvalue weighted by atomic mass is 10.0. The van der Waals surface area contributed by atoms with E-state index in [0.717, 1.165) is 12.8 Å². The standard InChI is InChI=1S/C18H27NO4S/c1-13(2)24(21,22)16-11-7-6-9-14(16)15-10-8-12-19(15)17(20)23-18(3,4)5/h6-7,9,11,13,15H,8,10,12H2,1-5H3. The molecule has 5 nitrogen and oxygen atoms in total. The molecule has 134 valence electrons. The number of hydrogen-bond donors (Lipinski definition) is 0. The van der Waals surface area contributed by atoms with Gasteiger partial charge in [0.1, 0.15) is 5.60 Å². The van der Waals surface area contributed by atoms with Crippen LogP contribution in [0.1, 0.15) is 59.1 Å². The molecule has 0 spiro atoms. The summed E-state index contributed by atoms with van der Waals surface area (Å²) in [6.45, 7) is 9.40. The minimum Gasteiger partial charge on any atom is -0.444 e. The van der Waals surface area contributed by atoms with Gasteiger partial charge in [0, 0.05) is 6.54 Å². The van der Waals surface area contributed by atoms with Crippen LogP contribution in [0.25, 0.3) is 0 Å². The van der Waals surface area contributed by atoms with E-state index >= 15 is 0 Å². The second-order valence-electron chi connectivity index (χ2n) is 7.46. The third-order valence-corrected chi connectivity index (χ3v) is 6.31. The zero-order valence-corrected chi connectivity index (χ0v) is 15.9. The smallest absolute Gasteiger partial charge is 0.410 e. The summed E-state index contributed by atoms with van der Waals surface area (Å²) in [7, 11) is -3.41. The van der Waals surface area contributed by atoms with Crippen LogP contribution in [0.4, 0.5) is 4.79 Å². The monoisotopic (exact) mass is 353 g/mol. The molecule has 1 aliphatic heterocycles. The zero-order chi connectivity index (χ0) is 18.1. The third kappa shape index (κ3) is 3.91. The van der Waals surface area contributed by atoms with E-state index in [1.54, 1.807) is 30.9 Å². The van der Waals surface area contributed by atoms with Crippen LogP contribution in [0.2, 0.25) is 0 Å². The topological polar surface area (TPSA) is 63.7 Å². The van der Waals surface area contributed by atoms with Gasteiger partial charge in [0.05, 0.1) is 16.2 Å². The van der Waals surface area contributed by atoms with Gasteiger partial charge in [0.2, 0.25) is 0 Å². The van der Waals surface area contributed by atoms with Crippen LogP contribution in [0.3, 0.4) is 0 Å². The fraction of sp³-hybridized carbons (Fsp3) is 0.611. The molecule has 1 fully saturated rings. The molecule has 1 atom stereocenters. The number of rotatable bonds is 3. The Bertz CT molecular complexity index is 704. The molecule has 24 heavy (non-hydrogen) atoms. The van der Waals surface area contributed by atoms with E-state index in [1.807, 2.05) is 32.9 Å². The molecule has 0 N–H and O–H groups in total. The molecule has 6 heteroatoms. The summed E-state index contributed by atoms with van der Waals surface area (Å²) < 4.78 is 30.8. The van der Waals surface area contributed by atoms with Crippen molar-refractivity contribution in [2.24, 2.45) is 0 Å². The predicted octanol–water partition coefficient (Wildman–Crippen LogP) is 3.94. The van der Waals surface area contributed by atoms with Crippen LogP contribution >= 0.6 is 0 Å². The van der Waals surface area contributed by atoms with Gasteiger partial charge in [-0.2, -0.15) is 0 Å². The highest BCUT2D eigenvalue weighted by Gasteiger charge is 2.36. The predicted molar refractivity (Wildman–Crippen MR) is 93.7 cm³/mol. The Balaban J connectivity index is 2.40. The Morgan fingerprint density at radius 3 is 2.46 bits per heavy atom. The van der Waals surface area contributed by atoms with Gasteiger partial charge in [-0.15, -0.1) is 0 Å². The summed E-state index contributed by atoms with van der Waals surface area (Å²) in [5.74, 6) is 0. The Labute approximate surface area is 144 Å². The molecule has 1 unspecified atom stereocenters. The molecule has 1 aromatic carbocycles. The van der Waals surface area contributed by atoms with Crippen LogP contribution in [0.5, 0.6) is 0 Å². The van der Waals surface area contributed by atoms with Gasteiger partial charge in [0.15, 0.2) is 9.84 Å². The summed E-state index contributed by atoms with van der Waals surface area (Å²) in [5.41, 5.74) is 0.114. The second kappa shape index (κ2) is 6.75. The molecule has 1 amide bonds. The molecule has 0 aromatic heterocycles. The van der Waals surface area contributed by atoms with Crippen molar-refractivity contribution in [3.63, 3.8) is 0 Å². The van der Waals surface area contributed by atoms with Gasteiger partial charge >= 0.3 is 6.09 Å². The van der Waals surface area contributed by atoms with Crippen molar-refractivity contribution >= 4 is 15.9 Å². The average Bonchev–Trinajstić information content (AvgIpc) is 2.94. The molecule has 1 heterocycles. The first-order chi connectivity index (χ1) is 11.0. The van der Waals surface area contributed by atoms with Crippen LogP contribution in [0, 0.1) is 0 Å². The fourth-order valence-corrected chi connectivity index (χ4v) is 4.21. The Hall–Kier alpha value is -1.56. The highest BCUT2D eigenvalue weighted by molar-refractivity contribution is 7.92. The fourth-order valence-electron chi connectivity index (χ4n) is 2.90. The van der Waals surface area contributed by atoms with Crippen molar-refractivity contribution < 1.29 is 17.9 Å². The lowest BCUT2D eigenvalue weighted by Gasteiger charge is -2.29. The highest BCUT2D eigenvalue weighted by Crippen LogP contribution is 2.37. The molecular formula is C18H27NO4S. The first-order valence-electron chi connectivity index (χ1n) is 8.36. The minimum absolute atomic E-state index is 0.260. The zero-order valence-electron chi connectivity index (χ0n) is 15.1. The van der Waals surface area contributed by atoms with Crippen molar-refractivity contribution in [1.82, 2.24) is 4.90 Å². The van der Waals surface area contributed by atoms with Crippen molar-refractivity contribution in [2.45, 2.75) is 69.2 Å². The Morgan fingerprint density at radius 2 is 1.88 bits per heavy atom. The SMILES string of the molecule is CC(C)S(=O)(=O)c1ccccc1C1CCCN1C(=O)OC(C)(C)C. The number of ether oxygens (including phenoxy) is 1. The molecule has 0 bridgehead atoms. The van der Waals surface area contributed by atoms with Crippen molar-refractivity contribution in [3.05, 3.63) is 29.8 Å². The number of carbonyl (C=O) groups excluding carboxylic acids is 1. The summed E-state index contributed by atoms with van der Waals surface area (Å²) in [5, 5.41) is -0.505. The van der Waals surface area contributed by atoms with Gasteiger partial charge in [-0.1, -0.05) is 18.2 Å². The first-order valence-corrected chi connectivity index (χ1v) is 9.91. The lowest BCUT2D eigenvalue weighted by molar-refractivity contribution is 0.0222. The van der Waals surface area contributed by atoms with E-state index in [0.29, 0.717) is 17.0 Å². The maximum Gasteiger partial charge on any atom is 0.410 e. The quantitative estimate of drug-likeness (QED) is 0.825. The van der Waals surface area contributed by atoms with Crippen LogP contribution in [-0.2, 0) is 14.6 Å². The number of likely N-dealkylation sites (tertiary alicyclic amines) is 1. The molecule has 1 aliphatic rings. The van der Waals surface area contributed by atoms with Gasteiger partial charge in [-0.05, 0) is 59.1 Å². The van der Waals surface area contributed by atoms with Gasteiger partial charge in [0.25, 0.3) is 0 Å². The van der Waals surface area contributed by atoms with Crippen LogP contribution in [0.15, 0.2) is 29.2 Å². The van der Waals surface area contributed by atoms with Gasteiger partial charge in [-0.3, -0.25) is 0 Å². The van der Waals surface area contributed by atoms with Crippen LogP contribution in [-0.4, -0.2) is 36.8 Å². The number of hydrogen-bond acceptors (Lipinski definition) is 4. The lowest BCUT2D eigenvalue weighted by Crippen LogP contribution is -2.36. The minimum atomic E-state index is -3.41. The third-order valence-electron chi connectivity index (χ3n) is 4.09. The number of amides is 1. The van der Waals surface area contributed by atoms with Crippen molar-refractivity contribution in [3.8, 4) is 0 Å². The second-order valence-corrected chi connectivity index (χ2v) is 9.94. The highest BCUT2D eigenvalue weighted by atomic mass is 32.2. The summed E-state index contributed by atoms with van der Waals surface area (Å²) in [4.78, 5) is 14.5. The maximum absolute atomic E-state index is 12.7. The summed E-state index contributed by atoms with van der Waals surface area (Å²) in [6, 6.07) is 6.73. The average molecular weight is 353 g/mol. The van der Waals surface area contributed by atoms with Crippen LogP contribution < -0.4 is 0 Å². The molecule has 2 rings (SSSR count). The van der Waals surface area contributed by atoms with E-state index in [9.17, 15) is 13.2 Å². The van der Waals surface area contributed by atoms with E-state index in [2.05, 4.69) is 0 Å². The number of sulfone groups is 1. The van der Waals surface area contributed by atoms with E-state index in [1.165, 1.54) is 0 Å². The van der Waals surface area contributed by atoms with Gasteiger partial charge in [-0.25, -0.2) is 13.2 Å². The number of nitrogens with zero attached hydrogens (tertiary/aromatic N) is 1. The Morgan fingerprint density at radius 1 is 1.25 bits per heavy atom. The molecule has 1 aromatic rings. The maximum atomic E-state index is 12.7. The van der Waals surface area contributed by atoms with E-state index < -0.39 is 20.7 Å². The number of benzene rings is 1. The van der Waals surface area contributed by atoms with E-state index in [4.69, 9.17) is 4.74 Å². The largest absolute Gasteiger partial charge is 0.444 e. The summed E-state index contributed by atoms with van der Waals surface area (Å²) in [6.07, 6.45) is 1.19. The molecule has 0 saturated carbocycles. The van der Waals surface area contributed by atoms with Gasteiger partial charge < -0.3 is 9.64 Å². The molecule has 1 saturated heterocycles. The molecular weight excluding hydrogens is 326 g/mol. The first kappa shape index (κ1) is 18.8. The molecule has 0 aliphatic carbocycles. The Kier molecular flexibility index (Phi) is 5.28. The number of carbonyl (C=O) groups is 1. The van der Waals surface area contributed by atoms with Crippen molar-refractivity contribution in [2.75, 3.05) is 6.54 Å². The van der Waals surface area contributed by atoms with E-state index in [-0.39, 0.29) is 12.1 Å². The van der Waals surface area contributed by atoms with Crippen molar-refractivity contribution in [1.29, 1.82) is 0 Å². The molecule has 0 radical (unpaired) electrons.